The molecule has 0 radical (unpaired) electrons. The summed E-state index contributed by atoms with van der Waals surface area (Å²) in [6.45, 7) is 5.36. The predicted octanol–water partition coefficient (Wildman–Crippen LogP) is 4.73. The average Bonchev–Trinajstić information content (AvgIpc) is 2.38. The summed E-state index contributed by atoms with van der Waals surface area (Å²) in [7, 11) is 0. The fraction of sp³-hybridized carbons (Fsp3) is 0.500. The molecule has 0 unspecified atom stereocenters. The van der Waals surface area contributed by atoms with Crippen LogP contribution in [0.15, 0.2) is 43.0 Å². The van der Waals surface area contributed by atoms with Crippen molar-refractivity contribution >= 4 is 0 Å². The molecule has 0 amide bonds. The third-order valence-electron chi connectivity index (χ3n) is 2.81. The van der Waals surface area contributed by atoms with Gasteiger partial charge in [0.15, 0.2) is 0 Å². The first-order chi connectivity index (χ1) is 8.43. The van der Waals surface area contributed by atoms with Crippen LogP contribution in [0.2, 0.25) is 0 Å². The minimum atomic E-state index is 0.747. The van der Waals surface area contributed by atoms with Gasteiger partial charge in [-0.2, -0.15) is 0 Å². The van der Waals surface area contributed by atoms with E-state index in [1.165, 1.54) is 37.7 Å². The van der Waals surface area contributed by atoms with Crippen molar-refractivity contribution in [2.75, 3.05) is 6.61 Å². The van der Waals surface area contributed by atoms with Gasteiger partial charge >= 0.3 is 0 Å². The lowest BCUT2D eigenvalue weighted by atomic mass is 10.1. The average molecular weight is 232 g/mol. The molecule has 1 heteroatoms. The van der Waals surface area contributed by atoms with Gasteiger partial charge in [-0.3, -0.25) is 0 Å². The lowest BCUT2D eigenvalue weighted by Gasteiger charge is -2.04. The van der Waals surface area contributed by atoms with E-state index in [1.54, 1.807) is 0 Å². The van der Waals surface area contributed by atoms with E-state index in [0.717, 1.165) is 19.6 Å². The molecule has 0 fully saturated rings. The molecular weight excluding hydrogens is 208 g/mol. The lowest BCUT2D eigenvalue weighted by molar-refractivity contribution is 0.116. The highest BCUT2D eigenvalue weighted by Crippen LogP contribution is 2.06. The first-order valence-electron chi connectivity index (χ1n) is 6.66. The molecule has 1 nitrogen and oxygen atoms in total. The number of benzene rings is 1. The zero-order chi connectivity index (χ0) is 12.2. The summed E-state index contributed by atoms with van der Waals surface area (Å²) in [6, 6.07) is 10.4. The Morgan fingerprint density at radius 1 is 0.941 bits per heavy atom. The smallest absolute Gasteiger partial charge is 0.0716 e. The van der Waals surface area contributed by atoms with Gasteiger partial charge in [-0.1, -0.05) is 55.7 Å². The van der Waals surface area contributed by atoms with Crippen molar-refractivity contribution in [3.8, 4) is 0 Å². The van der Waals surface area contributed by atoms with E-state index in [-0.39, 0.29) is 0 Å². The van der Waals surface area contributed by atoms with E-state index in [1.807, 2.05) is 12.1 Å². The van der Waals surface area contributed by atoms with Crippen molar-refractivity contribution < 1.29 is 4.74 Å². The zero-order valence-electron chi connectivity index (χ0n) is 10.7. The minimum Gasteiger partial charge on any atom is -0.377 e. The predicted molar refractivity (Wildman–Crippen MR) is 74.0 cm³/mol. The first kappa shape index (κ1) is 14.0. The van der Waals surface area contributed by atoms with Crippen molar-refractivity contribution in [3.05, 3.63) is 48.6 Å². The maximum Gasteiger partial charge on any atom is 0.0716 e. The maximum absolute atomic E-state index is 5.63. The van der Waals surface area contributed by atoms with Gasteiger partial charge in [0.1, 0.15) is 0 Å². The van der Waals surface area contributed by atoms with E-state index in [9.17, 15) is 0 Å². The van der Waals surface area contributed by atoms with Crippen molar-refractivity contribution in [3.63, 3.8) is 0 Å². The van der Waals surface area contributed by atoms with Crippen molar-refractivity contribution in [1.29, 1.82) is 0 Å². The van der Waals surface area contributed by atoms with Gasteiger partial charge < -0.3 is 4.74 Å². The van der Waals surface area contributed by atoms with Gasteiger partial charge in [-0.05, 0) is 24.8 Å². The summed E-state index contributed by atoms with van der Waals surface area (Å²) < 4.78 is 5.63. The molecule has 17 heavy (non-hydrogen) atoms. The molecule has 0 aliphatic heterocycles. The molecule has 0 N–H and O–H groups in total. The number of allylic oxidation sites excluding steroid dienone is 1. The summed E-state index contributed by atoms with van der Waals surface area (Å²) in [4.78, 5) is 0. The first-order valence-corrected chi connectivity index (χ1v) is 6.66. The van der Waals surface area contributed by atoms with Crippen LogP contribution in [0.4, 0.5) is 0 Å². The van der Waals surface area contributed by atoms with E-state index >= 15 is 0 Å². The molecule has 1 aromatic rings. The Balaban J connectivity index is 1.86. The number of hydrogen-bond donors (Lipinski definition) is 0. The Morgan fingerprint density at radius 2 is 1.65 bits per heavy atom. The molecule has 0 heterocycles. The number of hydrogen-bond acceptors (Lipinski definition) is 1. The quantitative estimate of drug-likeness (QED) is 0.418. The zero-order valence-corrected chi connectivity index (χ0v) is 10.7. The van der Waals surface area contributed by atoms with Crippen LogP contribution < -0.4 is 0 Å². The van der Waals surface area contributed by atoms with Crippen molar-refractivity contribution in [2.45, 2.75) is 45.1 Å². The number of rotatable bonds is 10. The minimum absolute atomic E-state index is 0.747. The van der Waals surface area contributed by atoms with Crippen molar-refractivity contribution in [2.24, 2.45) is 0 Å². The van der Waals surface area contributed by atoms with Crippen LogP contribution in [0.25, 0.3) is 0 Å². The Bertz CT molecular complexity index is 279. The Kier molecular flexibility index (Phi) is 8.31. The second-order valence-corrected chi connectivity index (χ2v) is 4.38. The second-order valence-electron chi connectivity index (χ2n) is 4.38. The monoisotopic (exact) mass is 232 g/mol. The Hall–Kier alpha value is -1.08. The van der Waals surface area contributed by atoms with Gasteiger partial charge in [0.05, 0.1) is 6.61 Å². The molecular formula is C16H24O. The lowest BCUT2D eigenvalue weighted by Crippen LogP contribution is -1.95. The van der Waals surface area contributed by atoms with Crippen LogP contribution in [0.5, 0.6) is 0 Å². The molecule has 0 bridgehead atoms. The molecule has 1 aromatic carbocycles. The summed E-state index contributed by atoms with van der Waals surface area (Å²) in [5.74, 6) is 0. The standard InChI is InChI=1S/C16H24O/c1-2-3-4-5-6-7-11-14-17-15-16-12-9-8-10-13-16/h2,8-10,12-13H,1,3-7,11,14-15H2. The molecule has 0 saturated heterocycles. The molecule has 0 aromatic heterocycles. The number of unbranched alkanes of at least 4 members (excludes halogenated alkanes) is 5. The van der Waals surface area contributed by atoms with Crippen molar-refractivity contribution in [1.82, 2.24) is 0 Å². The summed E-state index contributed by atoms with van der Waals surface area (Å²) in [5, 5.41) is 0. The van der Waals surface area contributed by atoms with E-state index < -0.39 is 0 Å². The van der Waals surface area contributed by atoms with E-state index in [2.05, 4.69) is 30.8 Å². The maximum atomic E-state index is 5.63. The molecule has 94 valence electrons. The third kappa shape index (κ3) is 7.76. The SMILES string of the molecule is C=CCCCCCCCOCc1ccccc1. The van der Waals surface area contributed by atoms with Crippen LogP contribution in [0, 0.1) is 0 Å². The molecule has 0 aliphatic rings. The second kappa shape index (κ2) is 10.1. The highest BCUT2D eigenvalue weighted by Gasteiger charge is 1.93. The van der Waals surface area contributed by atoms with Gasteiger partial charge in [-0.25, -0.2) is 0 Å². The molecule has 0 atom stereocenters. The summed E-state index contributed by atoms with van der Waals surface area (Å²) in [5.41, 5.74) is 1.26. The fourth-order valence-electron chi connectivity index (χ4n) is 1.79. The van der Waals surface area contributed by atoms with Crippen LogP contribution in [-0.2, 0) is 11.3 Å². The molecule has 0 aliphatic carbocycles. The molecule has 0 saturated carbocycles. The molecule has 1 rings (SSSR count). The van der Waals surface area contributed by atoms with Gasteiger partial charge in [0, 0.05) is 6.61 Å². The summed E-state index contributed by atoms with van der Waals surface area (Å²) in [6.07, 6.45) is 9.56. The fourth-order valence-corrected chi connectivity index (χ4v) is 1.79. The van der Waals surface area contributed by atoms with E-state index in [4.69, 9.17) is 4.74 Å². The van der Waals surface area contributed by atoms with Gasteiger partial charge in [-0.15, -0.1) is 6.58 Å². The normalized spacial score (nSPS) is 10.4. The van der Waals surface area contributed by atoms with Crippen LogP contribution >= 0.6 is 0 Å². The highest BCUT2D eigenvalue weighted by molar-refractivity contribution is 5.13. The van der Waals surface area contributed by atoms with E-state index in [0.29, 0.717) is 0 Å². The summed E-state index contributed by atoms with van der Waals surface area (Å²) >= 11 is 0. The number of ether oxygens (including phenoxy) is 1. The van der Waals surface area contributed by atoms with Crippen LogP contribution in [-0.4, -0.2) is 6.61 Å². The Labute approximate surface area is 106 Å². The van der Waals surface area contributed by atoms with Crippen LogP contribution in [0.3, 0.4) is 0 Å². The van der Waals surface area contributed by atoms with Crippen LogP contribution in [0.1, 0.15) is 44.1 Å². The van der Waals surface area contributed by atoms with Gasteiger partial charge in [0.2, 0.25) is 0 Å². The highest BCUT2D eigenvalue weighted by atomic mass is 16.5. The van der Waals surface area contributed by atoms with Gasteiger partial charge in [0.25, 0.3) is 0 Å². The Morgan fingerprint density at radius 3 is 2.41 bits per heavy atom. The molecule has 0 spiro atoms. The third-order valence-corrected chi connectivity index (χ3v) is 2.81. The largest absolute Gasteiger partial charge is 0.377 e. The topological polar surface area (TPSA) is 9.23 Å².